The van der Waals surface area contributed by atoms with Gasteiger partial charge in [0.2, 0.25) is 0 Å². The molecule has 0 fully saturated rings. The number of hydrogen-bond donors (Lipinski definition) is 1. The van der Waals surface area contributed by atoms with Crippen molar-refractivity contribution >= 4 is 11.9 Å². The molecule has 0 heterocycles. The molecule has 0 atom stereocenters. The molecule has 0 unspecified atom stereocenters. The summed E-state index contributed by atoms with van der Waals surface area (Å²) in [6.45, 7) is 3.68. The molecule has 0 saturated carbocycles. The van der Waals surface area contributed by atoms with Crippen LogP contribution in [0.4, 0.5) is 0 Å². The van der Waals surface area contributed by atoms with E-state index in [1.807, 2.05) is 44.2 Å². The Hall–Kier alpha value is -1.84. The zero-order valence-electron chi connectivity index (χ0n) is 11.4. The van der Waals surface area contributed by atoms with Gasteiger partial charge in [-0.15, -0.1) is 0 Å². The number of aliphatic carboxylic acids is 1. The minimum Gasteiger partial charge on any atom is -0.481 e. The summed E-state index contributed by atoms with van der Waals surface area (Å²) in [5.74, 6) is -1.44. The smallest absolute Gasteiger partial charge is 0.306 e. The minimum absolute atomic E-state index is 0.0793. The molecule has 0 aliphatic heterocycles. The van der Waals surface area contributed by atoms with Crippen molar-refractivity contribution in [2.24, 2.45) is 0 Å². The predicted octanol–water partition coefficient (Wildman–Crippen LogP) is 2.81. The van der Waals surface area contributed by atoms with Crippen molar-refractivity contribution in [1.29, 1.82) is 0 Å². The second-order valence-corrected chi connectivity index (χ2v) is 5.11. The minimum atomic E-state index is -0.987. The first kappa shape index (κ1) is 15.2. The second-order valence-electron chi connectivity index (χ2n) is 5.11. The van der Waals surface area contributed by atoms with Crippen molar-refractivity contribution in [3.05, 3.63) is 35.9 Å². The lowest BCUT2D eigenvalue weighted by molar-refractivity contribution is -0.159. The highest BCUT2D eigenvalue weighted by Crippen LogP contribution is 2.19. The first-order valence-electron chi connectivity index (χ1n) is 6.37. The first-order valence-corrected chi connectivity index (χ1v) is 6.37. The lowest BCUT2D eigenvalue weighted by Gasteiger charge is -2.25. The molecule has 0 aliphatic carbocycles. The molecular weight excluding hydrogens is 244 g/mol. The van der Waals surface area contributed by atoms with Crippen LogP contribution in [0.1, 0.15) is 38.7 Å². The standard InChI is InChI=1S/C15H20O4/c1-15(2,19-14(18)9-8-13(16)17)11-10-12-6-4-3-5-7-12/h3-7H,8-11H2,1-2H3,(H,16,17). The fourth-order valence-corrected chi connectivity index (χ4v) is 1.71. The predicted molar refractivity (Wildman–Crippen MR) is 71.8 cm³/mol. The molecule has 104 valence electrons. The van der Waals surface area contributed by atoms with E-state index in [1.165, 1.54) is 5.56 Å². The van der Waals surface area contributed by atoms with E-state index in [-0.39, 0.29) is 12.8 Å². The van der Waals surface area contributed by atoms with Crippen LogP contribution in [-0.2, 0) is 20.7 Å². The molecule has 1 aromatic rings. The number of rotatable bonds is 7. The normalized spacial score (nSPS) is 11.1. The summed E-state index contributed by atoms with van der Waals surface area (Å²) < 4.78 is 5.31. The fraction of sp³-hybridized carbons (Fsp3) is 0.467. The summed E-state index contributed by atoms with van der Waals surface area (Å²) in [5.41, 5.74) is 0.614. The van der Waals surface area contributed by atoms with Crippen LogP contribution in [0.5, 0.6) is 0 Å². The van der Waals surface area contributed by atoms with Crippen LogP contribution in [0.3, 0.4) is 0 Å². The van der Waals surface area contributed by atoms with E-state index < -0.39 is 17.5 Å². The van der Waals surface area contributed by atoms with Crippen LogP contribution in [0.25, 0.3) is 0 Å². The van der Waals surface area contributed by atoms with Crippen molar-refractivity contribution in [1.82, 2.24) is 0 Å². The lowest BCUT2D eigenvalue weighted by Crippen LogP contribution is -2.29. The summed E-state index contributed by atoms with van der Waals surface area (Å²) in [4.78, 5) is 21.9. The van der Waals surface area contributed by atoms with Gasteiger partial charge in [0.25, 0.3) is 0 Å². The third-order valence-electron chi connectivity index (χ3n) is 2.79. The largest absolute Gasteiger partial charge is 0.481 e. The highest BCUT2D eigenvalue weighted by atomic mass is 16.6. The van der Waals surface area contributed by atoms with E-state index in [4.69, 9.17) is 9.84 Å². The second kappa shape index (κ2) is 6.92. The number of esters is 1. The van der Waals surface area contributed by atoms with Gasteiger partial charge in [0.15, 0.2) is 0 Å². The van der Waals surface area contributed by atoms with E-state index in [1.54, 1.807) is 0 Å². The molecule has 1 rings (SSSR count). The van der Waals surface area contributed by atoms with Crippen LogP contribution >= 0.6 is 0 Å². The summed E-state index contributed by atoms with van der Waals surface area (Å²) >= 11 is 0. The fourth-order valence-electron chi connectivity index (χ4n) is 1.71. The topological polar surface area (TPSA) is 63.6 Å². The molecule has 0 spiro atoms. The van der Waals surface area contributed by atoms with Crippen LogP contribution in [0, 0.1) is 0 Å². The van der Waals surface area contributed by atoms with Gasteiger partial charge in [0.1, 0.15) is 5.60 Å². The number of carbonyl (C=O) groups excluding carboxylic acids is 1. The van der Waals surface area contributed by atoms with Crippen LogP contribution in [-0.4, -0.2) is 22.6 Å². The lowest BCUT2D eigenvalue weighted by atomic mass is 9.98. The van der Waals surface area contributed by atoms with E-state index >= 15 is 0 Å². The quantitative estimate of drug-likeness (QED) is 0.769. The van der Waals surface area contributed by atoms with Gasteiger partial charge in [-0.25, -0.2) is 0 Å². The molecule has 4 nitrogen and oxygen atoms in total. The first-order chi connectivity index (χ1) is 8.89. The number of benzene rings is 1. The number of carboxylic acid groups (broad SMARTS) is 1. The highest BCUT2D eigenvalue weighted by Gasteiger charge is 2.22. The maximum absolute atomic E-state index is 11.5. The molecule has 0 bridgehead atoms. The molecule has 1 N–H and O–H groups in total. The molecule has 0 saturated heterocycles. The third-order valence-corrected chi connectivity index (χ3v) is 2.79. The Morgan fingerprint density at radius 2 is 1.79 bits per heavy atom. The van der Waals surface area contributed by atoms with Gasteiger partial charge in [-0.2, -0.15) is 0 Å². The van der Waals surface area contributed by atoms with E-state index in [9.17, 15) is 9.59 Å². The number of carbonyl (C=O) groups is 2. The van der Waals surface area contributed by atoms with Gasteiger partial charge in [-0.05, 0) is 32.3 Å². The van der Waals surface area contributed by atoms with Gasteiger partial charge in [-0.1, -0.05) is 30.3 Å². The molecule has 4 heteroatoms. The van der Waals surface area contributed by atoms with Crippen LogP contribution in [0.15, 0.2) is 30.3 Å². The van der Waals surface area contributed by atoms with E-state index in [0.717, 1.165) is 6.42 Å². The molecule has 0 aromatic heterocycles. The van der Waals surface area contributed by atoms with Gasteiger partial charge in [0.05, 0.1) is 12.8 Å². The average Bonchev–Trinajstić information content (AvgIpc) is 2.35. The Morgan fingerprint density at radius 1 is 1.16 bits per heavy atom. The van der Waals surface area contributed by atoms with Crippen molar-refractivity contribution in [3.8, 4) is 0 Å². The van der Waals surface area contributed by atoms with Crippen molar-refractivity contribution < 1.29 is 19.4 Å². The van der Waals surface area contributed by atoms with Crippen LogP contribution in [0.2, 0.25) is 0 Å². The van der Waals surface area contributed by atoms with Crippen LogP contribution < -0.4 is 0 Å². The molecule has 0 aliphatic rings. The van der Waals surface area contributed by atoms with Gasteiger partial charge in [-0.3, -0.25) is 9.59 Å². The molecule has 0 radical (unpaired) electrons. The third kappa shape index (κ3) is 6.60. The number of aryl methyl sites for hydroxylation is 1. The summed E-state index contributed by atoms with van der Waals surface area (Å²) in [7, 11) is 0. The molecule has 19 heavy (non-hydrogen) atoms. The summed E-state index contributed by atoms with van der Waals surface area (Å²) in [6.07, 6.45) is 1.26. The molecular formula is C15H20O4. The average molecular weight is 264 g/mol. The highest BCUT2D eigenvalue weighted by molar-refractivity contribution is 5.76. The Labute approximate surface area is 113 Å². The summed E-state index contributed by atoms with van der Waals surface area (Å²) in [5, 5.41) is 8.50. The maximum atomic E-state index is 11.5. The number of hydrogen-bond acceptors (Lipinski definition) is 3. The number of ether oxygens (including phenoxy) is 1. The monoisotopic (exact) mass is 264 g/mol. The Bertz CT molecular complexity index is 423. The van der Waals surface area contributed by atoms with Crippen molar-refractivity contribution in [2.75, 3.05) is 0 Å². The van der Waals surface area contributed by atoms with Gasteiger partial charge >= 0.3 is 11.9 Å². The molecule has 0 amide bonds. The van der Waals surface area contributed by atoms with Crippen molar-refractivity contribution in [2.45, 2.75) is 45.1 Å². The summed E-state index contributed by atoms with van der Waals surface area (Å²) in [6, 6.07) is 9.97. The Morgan fingerprint density at radius 3 is 2.37 bits per heavy atom. The van der Waals surface area contributed by atoms with E-state index in [2.05, 4.69) is 0 Å². The Kier molecular flexibility index (Phi) is 5.55. The van der Waals surface area contributed by atoms with Crippen molar-refractivity contribution in [3.63, 3.8) is 0 Å². The zero-order chi connectivity index (χ0) is 14.3. The SMILES string of the molecule is CC(C)(CCc1ccccc1)OC(=O)CCC(=O)O. The van der Waals surface area contributed by atoms with Gasteiger partial charge in [0, 0.05) is 0 Å². The number of carboxylic acids is 1. The Balaban J connectivity index is 2.38. The zero-order valence-corrected chi connectivity index (χ0v) is 11.4. The molecule has 1 aromatic carbocycles. The van der Waals surface area contributed by atoms with E-state index in [0.29, 0.717) is 6.42 Å². The van der Waals surface area contributed by atoms with Gasteiger partial charge < -0.3 is 9.84 Å². The maximum Gasteiger partial charge on any atom is 0.306 e.